The molecular formula is C51H64N4O9. The lowest BCUT2D eigenvalue weighted by Crippen LogP contribution is -2.81. The number of rotatable bonds is 7. The first-order valence-electron chi connectivity index (χ1n) is 23.1. The molecule has 2 aromatic carbocycles. The summed E-state index contributed by atoms with van der Waals surface area (Å²) in [6.45, 7) is 12.7. The quantitative estimate of drug-likeness (QED) is 0.127. The highest BCUT2D eigenvalue weighted by molar-refractivity contribution is 5.95. The topological polar surface area (TPSA) is 154 Å². The summed E-state index contributed by atoms with van der Waals surface area (Å²) in [4.78, 5) is 53.6. The number of hydrogen-bond donors (Lipinski definition) is 3. The van der Waals surface area contributed by atoms with E-state index in [1.165, 1.54) is 21.1 Å². The van der Waals surface area contributed by atoms with Crippen LogP contribution in [0.3, 0.4) is 0 Å². The van der Waals surface area contributed by atoms with Crippen LogP contribution in [0.1, 0.15) is 94.7 Å². The van der Waals surface area contributed by atoms with Gasteiger partial charge in [-0.15, -0.1) is 0 Å². The van der Waals surface area contributed by atoms with E-state index in [0.717, 1.165) is 39.0 Å². The van der Waals surface area contributed by atoms with Crippen molar-refractivity contribution in [1.29, 1.82) is 0 Å². The number of carbonyl (C=O) groups excluding carboxylic acids is 3. The number of nitrogens with one attached hydrogen (secondary N) is 1. The zero-order valence-corrected chi connectivity index (χ0v) is 38.8. The van der Waals surface area contributed by atoms with E-state index < -0.39 is 57.5 Å². The monoisotopic (exact) mass is 876 g/mol. The highest BCUT2D eigenvalue weighted by atomic mass is 16.6. The third-order valence-electron chi connectivity index (χ3n) is 16.2. The number of carbonyl (C=O) groups is 3. The molecule has 3 fully saturated rings. The third kappa shape index (κ3) is 6.07. The number of piperidine rings is 1. The van der Waals surface area contributed by atoms with Gasteiger partial charge < -0.3 is 39.0 Å². The van der Waals surface area contributed by atoms with Gasteiger partial charge in [-0.3, -0.25) is 19.4 Å². The number of fused-ring (bicyclic) bond motifs is 6. The molecule has 2 bridgehead atoms. The van der Waals surface area contributed by atoms with Crippen LogP contribution in [0.25, 0.3) is 10.9 Å². The van der Waals surface area contributed by atoms with Gasteiger partial charge in [0, 0.05) is 102 Å². The summed E-state index contributed by atoms with van der Waals surface area (Å²) < 4.78 is 24.1. The summed E-state index contributed by atoms with van der Waals surface area (Å²) in [6.07, 6.45) is 5.80. The van der Waals surface area contributed by atoms with Crippen LogP contribution >= 0.6 is 0 Å². The van der Waals surface area contributed by atoms with Crippen LogP contribution in [0.2, 0.25) is 0 Å². The molecular weight excluding hydrogens is 813 g/mol. The number of anilines is 1. The van der Waals surface area contributed by atoms with Crippen LogP contribution in [0.4, 0.5) is 5.69 Å². The highest BCUT2D eigenvalue weighted by Crippen LogP contribution is 2.68. The van der Waals surface area contributed by atoms with E-state index in [9.17, 15) is 19.8 Å². The first kappa shape index (κ1) is 44.3. The first-order chi connectivity index (χ1) is 30.5. The molecule has 6 heterocycles. The van der Waals surface area contributed by atoms with Gasteiger partial charge in [0.2, 0.25) is 5.60 Å². The summed E-state index contributed by atoms with van der Waals surface area (Å²) in [7, 11) is 6.15. The molecule has 10 atom stereocenters. The molecule has 9 rings (SSSR count). The molecule has 6 aliphatic rings. The number of nitrogens with zero attached hydrogens (tertiary/aromatic N) is 3. The van der Waals surface area contributed by atoms with Gasteiger partial charge >= 0.3 is 17.9 Å². The number of aromatic amines is 1. The predicted molar refractivity (Wildman–Crippen MR) is 242 cm³/mol. The lowest BCUT2D eigenvalue weighted by Gasteiger charge is -2.63. The van der Waals surface area contributed by atoms with Crippen LogP contribution in [0.15, 0.2) is 42.5 Å². The Morgan fingerprint density at radius 1 is 0.969 bits per heavy atom. The maximum absolute atomic E-state index is 15.5. The zero-order chi connectivity index (χ0) is 45.7. The Morgan fingerprint density at radius 3 is 2.41 bits per heavy atom. The molecule has 1 aromatic heterocycles. The largest absolute Gasteiger partial charge is 0.496 e. The normalized spacial score (nSPS) is 34.9. The Morgan fingerprint density at radius 2 is 1.73 bits per heavy atom. The van der Waals surface area contributed by atoms with Crippen LogP contribution in [-0.4, -0.2) is 133 Å². The molecule has 3 aromatic rings. The Balaban J connectivity index is 1.36. The van der Waals surface area contributed by atoms with Crippen molar-refractivity contribution >= 4 is 34.5 Å². The maximum Gasteiger partial charge on any atom is 0.344 e. The van der Waals surface area contributed by atoms with Crippen molar-refractivity contribution in [1.82, 2.24) is 14.8 Å². The van der Waals surface area contributed by atoms with Gasteiger partial charge in [0.25, 0.3) is 0 Å². The number of ether oxygens (including phenoxy) is 4. The van der Waals surface area contributed by atoms with Crippen molar-refractivity contribution in [2.45, 2.75) is 113 Å². The molecule has 5 aliphatic heterocycles. The summed E-state index contributed by atoms with van der Waals surface area (Å²) in [5, 5.41) is 26.5. The van der Waals surface area contributed by atoms with Gasteiger partial charge in [-0.05, 0) is 86.4 Å². The molecule has 1 unspecified atom stereocenters. The molecule has 3 N–H and O–H groups in total. The van der Waals surface area contributed by atoms with Gasteiger partial charge in [0.1, 0.15) is 11.2 Å². The second kappa shape index (κ2) is 15.6. The van der Waals surface area contributed by atoms with Crippen LogP contribution in [-0.2, 0) is 45.8 Å². The van der Waals surface area contributed by atoms with Crippen molar-refractivity contribution < 1.29 is 43.5 Å². The second-order valence-electron chi connectivity index (χ2n) is 19.8. The lowest BCUT2D eigenvalue weighted by molar-refractivity contribution is -0.228. The minimum atomic E-state index is -2.32. The molecule has 0 amide bonds. The standard InChI is InChI=1S/C51H64N4O9/c1-10-47(59)26-33-27-50(45(57)62-8,41-34(17-21-54(28-33)29-47)35-23-32(14-13-30(3)4)15-16-38(35)52-41)37-24-36-39(25-40(37)61-7)53(6)43-49(36)19-22-55-20-12-18-48(11-2,42(49)55)44(64-31(5)56)51(43,60)46(58)63-9/h12,15-16,18,23-25,30,33,42-44,52,59-60H,10-11,17,19-22,26-29H2,1-9H3/t33-,42+,43-,44-,47+,48-,49-,50+,51+/m1/s1. The number of esters is 3. The van der Waals surface area contributed by atoms with Gasteiger partial charge in [-0.25, -0.2) is 4.79 Å². The number of aliphatic hydroxyl groups is 2. The smallest absolute Gasteiger partial charge is 0.344 e. The Hall–Kier alpha value is -4.87. The minimum Gasteiger partial charge on any atom is -0.496 e. The number of hydrogen-bond acceptors (Lipinski definition) is 12. The van der Waals surface area contributed by atoms with E-state index in [2.05, 4.69) is 64.8 Å². The minimum absolute atomic E-state index is 0.129. The molecule has 13 nitrogen and oxygen atoms in total. The predicted octanol–water partition coefficient (Wildman–Crippen LogP) is 5.00. The fourth-order valence-electron chi connectivity index (χ4n) is 13.9. The summed E-state index contributed by atoms with van der Waals surface area (Å²) >= 11 is 0. The number of H-pyrrole nitrogens is 1. The van der Waals surface area contributed by atoms with E-state index in [1.807, 2.05) is 44.0 Å². The van der Waals surface area contributed by atoms with Crippen molar-refractivity contribution in [3.63, 3.8) is 0 Å². The highest BCUT2D eigenvalue weighted by Gasteiger charge is 2.80. The molecule has 64 heavy (non-hydrogen) atoms. The fourth-order valence-corrected chi connectivity index (χ4v) is 13.9. The van der Waals surface area contributed by atoms with Crippen LogP contribution in [0.5, 0.6) is 5.75 Å². The van der Waals surface area contributed by atoms with Crippen molar-refractivity contribution in [3.8, 4) is 17.6 Å². The SMILES string of the molecule is CC[C@]1(O)C[C@H]2CN(CCc3c([nH]c4ccc(C#CC(C)C)cc34)[C@@](C(=O)OC)(c3cc4c(cc3OC)N(C)[C@H]3[C@@](O)(C(=O)OC)[C@H](OC(C)=O)[C@]5(CC)C=CCN6CC[C@]43[C@@H]65)C2)C1. The van der Waals surface area contributed by atoms with E-state index >= 15 is 4.79 Å². The first-order valence-corrected chi connectivity index (χ1v) is 23.1. The number of methoxy groups -OCH3 is 3. The van der Waals surface area contributed by atoms with Crippen molar-refractivity contribution in [3.05, 3.63) is 70.4 Å². The fraction of sp³-hybridized carbons (Fsp3) is 0.588. The maximum atomic E-state index is 15.5. The molecule has 1 aliphatic carbocycles. The average Bonchev–Trinajstić information content (AvgIpc) is 3.94. The van der Waals surface area contributed by atoms with Gasteiger partial charge in [0.15, 0.2) is 6.10 Å². The molecule has 2 saturated heterocycles. The summed E-state index contributed by atoms with van der Waals surface area (Å²) in [5.41, 5.74) is -1.04. The lowest BCUT2D eigenvalue weighted by atomic mass is 9.47. The molecule has 0 radical (unpaired) electrons. The number of likely N-dealkylation sites (N-methyl/N-ethyl adjacent to an activating group) is 1. The molecule has 13 heteroatoms. The number of benzene rings is 2. The zero-order valence-electron chi connectivity index (χ0n) is 38.8. The Kier molecular flexibility index (Phi) is 10.8. The van der Waals surface area contributed by atoms with Crippen LogP contribution < -0.4 is 9.64 Å². The van der Waals surface area contributed by atoms with E-state index in [1.54, 1.807) is 7.11 Å². The van der Waals surface area contributed by atoms with Gasteiger partial charge in [0.05, 0.1) is 33.0 Å². The average molecular weight is 877 g/mol. The van der Waals surface area contributed by atoms with Gasteiger partial charge in [-0.1, -0.05) is 51.7 Å². The van der Waals surface area contributed by atoms with Crippen molar-refractivity contribution in [2.24, 2.45) is 17.3 Å². The number of aromatic nitrogens is 1. The summed E-state index contributed by atoms with van der Waals surface area (Å²) in [5.74, 6) is 5.21. The molecule has 1 saturated carbocycles. The van der Waals surface area contributed by atoms with Gasteiger partial charge in [-0.2, -0.15) is 0 Å². The Labute approximate surface area is 376 Å². The van der Waals surface area contributed by atoms with Crippen LogP contribution in [0, 0.1) is 29.1 Å². The third-order valence-corrected chi connectivity index (χ3v) is 16.2. The second-order valence-corrected chi connectivity index (χ2v) is 19.8. The van der Waals surface area contributed by atoms with E-state index in [4.69, 9.17) is 18.9 Å². The van der Waals surface area contributed by atoms with E-state index in [0.29, 0.717) is 82.6 Å². The van der Waals surface area contributed by atoms with Crippen molar-refractivity contribution in [2.75, 3.05) is 66.0 Å². The summed E-state index contributed by atoms with van der Waals surface area (Å²) in [6, 6.07) is 8.95. The molecule has 1 spiro atoms. The molecule has 342 valence electrons. The Bertz CT molecular complexity index is 2500. The van der Waals surface area contributed by atoms with E-state index in [-0.39, 0.29) is 17.9 Å².